The number of aromatic nitrogens is 1. The highest BCUT2D eigenvalue weighted by molar-refractivity contribution is 7.09. The largest absolute Gasteiger partial charge is 0.497 e. The lowest BCUT2D eigenvalue weighted by molar-refractivity contribution is 0.362. The third kappa shape index (κ3) is 2.38. The molecule has 0 spiro atoms. The van der Waals surface area contributed by atoms with Gasteiger partial charge in [-0.1, -0.05) is 6.07 Å². The third-order valence-corrected chi connectivity index (χ3v) is 4.65. The van der Waals surface area contributed by atoms with Crippen LogP contribution in [0.15, 0.2) is 29.8 Å². The molecule has 1 aromatic carbocycles. The number of rotatable bonds is 3. The fourth-order valence-electron chi connectivity index (χ4n) is 2.89. The first kappa shape index (κ1) is 12.6. The fourth-order valence-corrected chi connectivity index (χ4v) is 3.63. The molecule has 1 unspecified atom stereocenters. The summed E-state index contributed by atoms with van der Waals surface area (Å²) in [5.74, 6) is 0.884. The van der Waals surface area contributed by atoms with Gasteiger partial charge in [0.2, 0.25) is 0 Å². The molecule has 4 heteroatoms. The number of thiazole rings is 1. The van der Waals surface area contributed by atoms with E-state index in [9.17, 15) is 0 Å². The molecule has 2 N–H and O–H groups in total. The SMILES string of the molecule is COc1ccc2c(c1)C(N)(Cc1nccs1)CCC2. The van der Waals surface area contributed by atoms with Gasteiger partial charge in [-0.05, 0) is 42.5 Å². The molecule has 3 nitrogen and oxygen atoms in total. The Labute approximate surface area is 117 Å². The van der Waals surface area contributed by atoms with E-state index in [4.69, 9.17) is 10.5 Å². The summed E-state index contributed by atoms with van der Waals surface area (Å²) in [5.41, 5.74) is 8.97. The van der Waals surface area contributed by atoms with Crippen molar-refractivity contribution < 1.29 is 4.74 Å². The quantitative estimate of drug-likeness (QED) is 0.936. The third-order valence-electron chi connectivity index (χ3n) is 3.87. The van der Waals surface area contributed by atoms with Gasteiger partial charge < -0.3 is 10.5 Å². The van der Waals surface area contributed by atoms with Gasteiger partial charge >= 0.3 is 0 Å². The molecule has 2 aromatic rings. The van der Waals surface area contributed by atoms with E-state index in [0.29, 0.717) is 0 Å². The van der Waals surface area contributed by atoms with Crippen molar-refractivity contribution in [1.82, 2.24) is 4.98 Å². The lowest BCUT2D eigenvalue weighted by atomic mass is 9.75. The number of benzene rings is 1. The van der Waals surface area contributed by atoms with Gasteiger partial charge in [0, 0.05) is 23.5 Å². The van der Waals surface area contributed by atoms with E-state index in [2.05, 4.69) is 17.1 Å². The van der Waals surface area contributed by atoms with Crippen LogP contribution >= 0.6 is 11.3 Å². The van der Waals surface area contributed by atoms with Crippen LogP contribution in [0.25, 0.3) is 0 Å². The second-order valence-electron chi connectivity index (χ2n) is 5.14. The van der Waals surface area contributed by atoms with Crippen molar-refractivity contribution in [2.45, 2.75) is 31.2 Å². The molecule has 19 heavy (non-hydrogen) atoms. The van der Waals surface area contributed by atoms with Crippen LogP contribution in [0.2, 0.25) is 0 Å². The van der Waals surface area contributed by atoms with Crippen LogP contribution in [-0.4, -0.2) is 12.1 Å². The second-order valence-corrected chi connectivity index (χ2v) is 6.11. The Morgan fingerprint density at radius 2 is 2.37 bits per heavy atom. The van der Waals surface area contributed by atoms with E-state index in [1.807, 2.05) is 17.6 Å². The van der Waals surface area contributed by atoms with Gasteiger partial charge in [0.1, 0.15) is 5.75 Å². The maximum atomic E-state index is 6.70. The van der Waals surface area contributed by atoms with E-state index in [1.165, 1.54) is 11.1 Å². The summed E-state index contributed by atoms with van der Waals surface area (Å²) >= 11 is 1.68. The molecule has 1 aliphatic carbocycles. The van der Waals surface area contributed by atoms with Gasteiger partial charge in [0.05, 0.1) is 12.1 Å². The summed E-state index contributed by atoms with van der Waals surface area (Å²) < 4.78 is 5.34. The number of ether oxygens (including phenoxy) is 1. The Kier molecular flexibility index (Phi) is 3.29. The normalized spacial score (nSPS) is 22.0. The monoisotopic (exact) mass is 274 g/mol. The van der Waals surface area contributed by atoms with E-state index >= 15 is 0 Å². The second kappa shape index (κ2) is 4.94. The molecular formula is C15H18N2OS. The van der Waals surface area contributed by atoms with Crippen LogP contribution in [0.5, 0.6) is 5.75 Å². The summed E-state index contributed by atoms with van der Waals surface area (Å²) in [6.45, 7) is 0. The van der Waals surface area contributed by atoms with Crippen molar-refractivity contribution in [2.75, 3.05) is 7.11 Å². The summed E-state index contributed by atoms with van der Waals surface area (Å²) in [7, 11) is 1.70. The number of nitrogens with two attached hydrogens (primary N) is 1. The van der Waals surface area contributed by atoms with Crippen LogP contribution in [0.1, 0.15) is 29.0 Å². The highest BCUT2D eigenvalue weighted by Gasteiger charge is 2.33. The molecule has 0 fully saturated rings. The van der Waals surface area contributed by atoms with E-state index in [1.54, 1.807) is 18.4 Å². The Hall–Kier alpha value is -1.39. The first-order valence-corrected chi connectivity index (χ1v) is 7.44. The average Bonchev–Trinajstić information content (AvgIpc) is 2.91. The molecular weight excluding hydrogens is 256 g/mol. The van der Waals surface area contributed by atoms with Crippen molar-refractivity contribution in [3.05, 3.63) is 45.9 Å². The van der Waals surface area contributed by atoms with Crippen LogP contribution < -0.4 is 10.5 Å². The number of methoxy groups -OCH3 is 1. The number of fused-ring (bicyclic) bond motifs is 1. The minimum absolute atomic E-state index is 0.306. The Morgan fingerprint density at radius 3 is 3.11 bits per heavy atom. The van der Waals surface area contributed by atoms with Crippen LogP contribution in [0.3, 0.4) is 0 Å². The number of nitrogens with zero attached hydrogens (tertiary/aromatic N) is 1. The van der Waals surface area contributed by atoms with Crippen molar-refractivity contribution in [3.8, 4) is 5.75 Å². The summed E-state index contributed by atoms with van der Waals surface area (Å²) in [5, 5.41) is 3.12. The molecule has 1 heterocycles. The highest BCUT2D eigenvalue weighted by Crippen LogP contribution is 2.38. The van der Waals surface area contributed by atoms with Crippen molar-refractivity contribution >= 4 is 11.3 Å². The zero-order valence-corrected chi connectivity index (χ0v) is 11.9. The molecule has 0 amide bonds. The number of aryl methyl sites for hydroxylation is 1. The molecule has 1 aromatic heterocycles. The minimum atomic E-state index is -0.306. The Bertz CT molecular complexity index is 568. The zero-order valence-electron chi connectivity index (χ0n) is 11.1. The van der Waals surface area contributed by atoms with Gasteiger partial charge in [-0.15, -0.1) is 11.3 Å². The standard InChI is InChI=1S/C15H18N2OS/c1-18-12-5-4-11-3-2-6-15(16,13(11)9-12)10-14-17-7-8-19-14/h4-5,7-9H,2-3,6,10,16H2,1H3. The van der Waals surface area contributed by atoms with Crippen LogP contribution in [0, 0.1) is 0 Å². The molecule has 0 aliphatic heterocycles. The van der Waals surface area contributed by atoms with Crippen molar-refractivity contribution in [1.29, 1.82) is 0 Å². The predicted octanol–water partition coefficient (Wildman–Crippen LogP) is 2.88. The lowest BCUT2D eigenvalue weighted by Gasteiger charge is -2.35. The topological polar surface area (TPSA) is 48.1 Å². The molecule has 100 valence electrons. The summed E-state index contributed by atoms with van der Waals surface area (Å²) in [6.07, 6.45) is 5.91. The smallest absolute Gasteiger partial charge is 0.119 e. The Balaban J connectivity index is 2.00. The first-order chi connectivity index (χ1) is 9.21. The van der Waals surface area contributed by atoms with Gasteiger partial charge in [0.25, 0.3) is 0 Å². The molecule has 0 saturated carbocycles. The minimum Gasteiger partial charge on any atom is -0.497 e. The van der Waals surface area contributed by atoms with Crippen LogP contribution in [-0.2, 0) is 18.4 Å². The van der Waals surface area contributed by atoms with Crippen LogP contribution in [0.4, 0.5) is 0 Å². The van der Waals surface area contributed by atoms with Gasteiger partial charge in [-0.2, -0.15) is 0 Å². The number of hydrogen-bond acceptors (Lipinski definition) is 4. The maximum Gasteiger partial charge on any atom is 0.119 e. The van der Waals surface area contributed by atoms with Gasteiger partial charge in [0.15, 0.2) is 0 Å². The van der Waals surface area contributed by atoms with E-state index < -0.39 is 0 Å². The lowest BCUT2D eigenvalue weighted by Crippen LogP contribution is -2.42. The highest BCUT2D eigenvalue weighted by atomic mass is 32.1. The van der Waals surface area contributed by atoms with Gasteiger partial charge in [-0.3, -0.25) is 0 Å². The predicted molar refractivity (Wildman–Crippen MR) is 77.6 cm³/mol. The Morgan fingerprint density at radius 1 is 1.47 bits per heavy atom. The van der Waals surface area contributed by atoms with Gasteiger partial charge in [-0.25, -0.2) is 4.98 Å². The molecule has 0 bridgehead atoms. The molecule has 1 aliphatic rings. The molecule has 3 rings (SSSR count). The maximum absolute atomic E-state index is 6.70. The molecule has 1 atom stereocenters. The van der Waals surface area contributed by atoms with E-state index in [-0.39, 0.29) is 5.54 Å². The molecule has 0 saturated heterocycles. The van der Waals surface area contributed by atoms with Crippen molar-refractivity contribution in [3.63, 3.8) is 0 Å². The van der Waals surface area contributed by atoms with Crippen molar-refractivity contribution in [2.24, 2.45) is 5.73 Å². The summed E-state index contributed by atoms with van der Waals surface area (Å²) in [6, 6.07) is 6.27. The summed E-state index contributed by atoms with van der Waals surface area (Å²) in [4.78, 5) is 4.38. The first-order valence-electron chi connectivity index (χ1n) is 6.56. The fraction of sp³-hybridized carbons (Fsp3) is 0.400. The number of hydrogen-bond donors (Lipinski definition) is 1. The molecule has 0 radical (unpaired) electrons. The zero-order chi connectivity index (χ0) is 13.3. The van der Waals surface area contributed by atoms with E-state index in [0.717, 1.165) is 36.4 Å². The average molecular weight is 274 g/mol.